The van der Waals surface area contributed by atoms with Gasteiger partial charge in [-0.2, -0.15) is 15.0 Å². The Hall–Kier alpha value is -3.02. The van der Waals surface area contributed by atoms with Crippen molar-refractivity contribution in [2.75, 3.05) is 0 Å². The predicted molar refractivity (Wildman–Crippen MR) is 79.4 cm³/mol. The SMILES string of the molecule is C[C@H](NC(=O)OC(C)(C)C)c1ncnn1-c1cc(C#N)ncn1. The van der Waals surface area contributed by atoms with Crippen LogP contribution >= 0.6 is 0 Å². The molecule has 0 radical (unpaired) electrons. The van der Waals surface area contributed by atoms with E-state index < -0.39 is 17.7 Å². The third-order valence-corrected chi connectivity index (χ3v) is 2.68. The summed E-state index contributed by atoms with van der Waals surface area (Å²) in [5.41, 5.74) is -0.379. The molecule has 0 spiro atoms. The number of hydrogen-bond donors (Lipinski definition) is 1. The fourth-order valence-corrected chi connectivity index (χ4v) is 1.80. The van der Waals surface area contributed by atoms with Gasteiger partial charge in [-0.15, -0.1) is 0 Å². The Morgan fingerprint density at radius 1 is 1.35 bits per heavy atom. The van der Waals surface area contributed by atoms with Crippen LogP contribution in [0.2, 0.25) is 0 Å². The van der Waals surface area contributed by atoms with E-state index in [4.69, 9.17) is 10.00 Å². The molecule has 23 heavy (non-hydrogen) atoms. The zero-order chi connectivity index (χ0) is 17.0. The Kier molecular flexibility index (Phi) is 4.55. The van der Waals surface area contributed by atoms with Gasteiger partial charge in [0, 0.05) is 6.07 Å². The number of amides is 1. The molecule has 0 aromatic carbocycles. The molecule has 1 N–H and O–H groups in total. The van der Waals surface area contributed by atoms with Gasteiger partial charge >= 0.3 is 6.09 Å². The minimum Gasteiger partial charge on any atom is -0.444 e. The Morgan fingerprint density at radius 2 is 2.09 bits per heavy atom. The summed E-state index contributed by atoms with van der Waals surface area (Å²) < 4.78 is 6.65. The monoisotopic (exact) mass is 315 g/mol. The van der Waals surface area contributed by atoms with Gasteiger partial charge in [-0.1, -0.05) is 0 Å². The zero-order valence-corrected chi connectivity index (χ0v) is 13.3. The summed E-state index contributed by atoms with van der Waals surface area (Å²) >= 11 is 0. The number of carbonyl (C=O) groups excluding carboxylic acids is 1. The van der Waals surface area contributed by atoms with Crippen LogP contribution < -0.4 is 5.32 Å². The number of aromatic nitrogens is 5. The van der Waals surface area contributed by atoms with Gasteiger partial charge in [-0.25, -0.2) is 19.7 Å². The third kappa shape index (κ3) is 4.23. The first-order chi connectivity index (χ1) is 10.8. The van der Waals surface area contributed by atoms with E-state index in [1.807, 2.05) is 6.07 Å². The molecule has 120 valence electrons. The van der Waals surface area contributed by atoms with E-state index in [1.54, 1.807) is 27.7 Å². The summed E-state index contributed by atoms with van der Waals surface area (Å²) in [4.78, 5) is 23.9. The molecule has 0 aliphatic rings. The lowest BCUT2D eigenvalue weighted by Gasteiger charge is -2.21. The molecule has 9 heteroatoms. The van der Waals surface area contributed by atoms with Crippen molar-refractivity contribution >= 4 is 6.09 Å². The van der Waals surface area contributed by atoms with Crippen molar-refractivity contribution in [2.45, 2.75) is 39.3 Å². The summed E-state index contributed by atoms with van der Waals surface area (Å²) in [7, 11) is 0. The van der Waals surface area contributed by atoms with Crippen molar-refractivity contribution in [3.05, 3.63) is 30.2 Å². The summed E-state index contributed by atoms with van der Waals surface area (Å²) in [6.07, 6.45) is 2.06. The molecular weight excluding hydrogens is 298 g/mol. The second-order valence-corrected chi connectivity index (χ2v) is 5.77. The molecule has 2 aromatic heterocycles. The first-order valence-electron chi connectivity index (χ1n) is 6.92. The molecule has 0 unspecified atom stereocenters. The number of ether oxygens (including phenoxy) is 1. The second kappa shape index (κ2) is 6.39. The van der Waals surface area contributed by atoms with Gasteiger partial charge in [-0.3, -0.25) is 0 Å². The smallest absolute Gasteiger partial charge is 0.408 e. The zero-order valence-electron chi connectivity index (χ0n) is 13.3. The van der Waals surface area contributed by atoms with Crippen LogP contribution in [0.4, 0.5) is 4.79 Å². The number of nitriles is 1. The second-order valence-electron chi connectivity index (χ2n) is 5.77. The normalized spacial score (nSPS) is 12.3. The molecule has 0 saturated heterocycles. The van der Waals surface area contributed by atoms with E-state index >= 15 is 0 Å². The van der Waals surface area contributed by atoms with Crippen molar-refractivity contribution < 1.29 is 9.53 Å². The van der Waals surface area contributed by atoms with E-state index in [-0.39, 0.29) is 5.69 Å². The fraction of sp³-hybridized carbons (Fsp3) is 0.429. The molecule has 2 heterocycles. The molecule has 1 amide bonds. The Bertz CT molecular complexity index is 742. The van der Waals surface area contributed by atoms with Crippen LogP contribution in [0.15, 0.2) is 18.7 Å². The molecule has 0 saturated carbocycles. The maximum atomic E-state index is 11.9. The van der Waals surface area contributed by atoms with Crippen LogP contribution in [0.25, 0.3) is 5.82 Å². The lowest BCUT2D eigenvalue weighted by molar-refractivity contribution is 0.0505. The number of nitrogens with zero attached hydrogens (tertiary/aromatic N) is 6. The number of hydrogen-bond acceptors (Lipinski definition) is 7. The molecule has 9 nitrogen and oxygen atoms in total. The van der Waals surface area contributed by atoms with E-state index in [9.17, 15) is 4.79 Å². The number of rotatable bonds is 3. The van der Waals surface area contributed by atoms with Crippen LogP contribution in [-0.2, 0) is 4.74 Å². The lowest BCUT2D eigenvalue weighted by Crippen LogP contribution is -2.35. The molecule has 0 aliphatic heterocycles. The first-order valence-corrected chi connectivity index (χ1v) is 6.92. The Labute approximate surface area is 133 Å². The maximum absolute atomic E-state index is 11.9. The van der Waals surface area contributed by atoms with Gasteiger partial charge in [0.25, 0.3) is 0 Å². The van der Waals surface area contributed by atoms with E-state index in [1.165, 1.54) is 23.4 Å². The third-order valence-electron chi connectivity index (χ3n) is 2.68. The van der Waals surface area contributed by atoms with E-state index in [2.05, 4.69) is 25.4 Å². The minimum absolute atomic E-state index is 0.212. The molecule has 0 aliphatic carbocycles. The number of carbonyl (C=O) groups is 1. The highest BCUT2D eigenvalue weighted by Crippen LogP contribution is 2.14. The van der Waals surface area contributed by atoms with Crippen LogP contribution in [0, 0.1) is 11.3 Å². The summed E-state index contributed by atoms with van der Waals surface area (Å²) in [5, 5.41) is 15.7. The average Bonchev–Trinajstić information content (AvgIpc) is 2.94. The number of nitrogens with one attached hydrogen (secondary N) is 1. The van der Waals surface area contributed by atoms with Crippen LogP contribution in [0.3, 0.4) is 0 Å². The van der Waals surface area contributed by atoms with Gasteiger partial charge in [0.1, 0.15) is 30.0 Å². The van der Waals surface area contributed by atoms with Crippen molar-refractivity contribution in [2.24, 2.45) is 0 Å². The Balaban J connectivity index is 2.20. The topological polar surface area (TPSA) is 119 Å². The van der Waals surface area contributed by atoms with Crippen LogP contribution in [-0.4, -0.2) is 36.4 Å². The van der Waals surface area contributed by atoms with Crippen molar-refractivity contribution in [1.82, 2.24) is 30.0 Å². The highest BCUT2D eigenvalue weighted by Gasteiger charge is 2.21. The van der Waals surface area contributed by atoms with Crippen LogP contribution in [0.1, 0.15) is 45.3 Å². The molecule has 0 fully saturated rings. The van der Waals surface area contributed by atoms with Gasteiger partial charge in [0.05, 0.1) is 6.04 Å². The molecule has 0 bridgehead atoms. The molecule has 1 atom stereocenters. The van der Waals surface area contributed by atoms with Crippen molar-refractivity contribution in [3.8, 4) is 11.9 Å². The van der Waals surface area contributed by atoms with E-state index in [0.29, 0.717) is 11.6 Å². The quantitative estimate of drug-likeness (QED) is 0.911. The largest absolute Gasteiger partial charge is 0.444 e. The highest BCUT2D eigenvalue weighted by atomic mass is 16.6. The Morgan fingerprint density at radius 3 is 2.74 bits per heavy atom. The molecular formula is C14H17N7O2. The molecule has 2 aromatic rings. The minimum atomic E-state index is -0.591. The maximum Gasteiger partial charge on any atom is 0.408 e. The summed E-state index contributed by atoms with van der Waals surface area (Å²) in [6.45, 7) is 7.09. The highest BCUT2D eigenvalue weighted by molar-refractivity contribution is 5.68. The number of alkyl carbamates (subject to hydrolysis) is 1. The van der Waals surface area contributed by atoms with Crippen molar-refractivity contribution in [3.63, 3.8) is 0 Å². The van der Waals surface area contributed by atoms with Gasteiger partial charge in [-0.05, 0) is 27.7 Å². The van der Waals surface area contributed by atoms with Crippen molar-refractivity contribution in [1.29, 1.82) is 5.26 Å². The average molecular weight is 315 g/mol. The lowest BCUT2D eigenvalue weighted by atomic mass is 10.2. The summed E-state index contributed by atoms with van der Waals surface area (Å²) in [5.74, 6) is 0.848. The standard InChI is InChI=1S/C14H17N7O2/c1-9(20-13(22)23-14(2,3)4)12-18-8-19-21(12)11-5-10(6-15)16-7-17-11/h5,7-9H,1-4H3,(H,20,22)/t9-/m0/s1. The fourth-order valence-electron chi connectivity index (χ4n) is 1.80. The van der Waals surface area contributed by atoms with Gasteiger partial charge < -0.3 is 10.1 Å². The van der Waals surface area contributed by atoms with Gasteiger partial charge in [0.2, 0.25) is 0 Å². The first kappa shape index (κ1) is 16.4. The van der Waals surface area contributed by atoms with E-state index in [0.717, 1.165) is 0 Å². The van der Waals surface area contributed by atoms with Crippen LogP contribution in [0.5, 0.6) is 0 Å². The predicted octanol–water partition coefficient (Wildman–Crippen LogP) is 1.51. The summed E-state index contributed by atoms with van der Waals surface area (Å²) in [6, 6.07) is 2.95. The van der Waals surface area contributed by atoms with Gasteiger partial charge in [0.15, 0.2) is 11.6 Å². The molecule has 2 rings (SSSR count).